The Kier molecular flexibility index (Phi) is 6.63. The molecular formula is C24H22ClF4N7O. The van der Waals surface area contributed by atoms with E-state index in [0.717, 1.165) is 38.5 Å². The second kappa shape index (κ2) is 9.75. The first-order chi connectivity index (χ1) is 17.6. The van der Waals surface area contributed by atoms with Gasteiger partial charge in [-0.2, -0.15) is 23.4 Å². The quantitative estimate of drug-likeness (QED) is 0.378. The number of piperidine rings is 1. The van der Waals surface area contributed by atoms with Gasteiger partial charge in [0.25, 0.3) is 0 Å². The average molecular weight is 536 g/mol. The lowest BCUT2D eigenvalue weighted by Crippen LogP contribution is -2.38. The van der Waals surface area contributed by atoms with Crippen molar-refractivity contribution in [3.63, 3.8) is 0 Å². The molecule has 5 rings (SSSR count). The highest BCUT2D eigenvalue weighted by Crippen LogP contribution is 2.32. The van der Waals surface area contributed by atoms with Crippen LogP contribution in [0, 0.1) is 5.82 Å². The van der Waals surface area contributed by atoms with Crippen molar-refractivity contribution in [1.82, 2.24) is 29.9 Å². The highest BCUT2D eigenvalue weighted by Gasteiger charge is 2.43. The van der Waals surface area contributed by atoms with Crippen molar-refractivity contribution < 1.29 is 22.4 Å². The Balaban J connectivity index is 1.59. The van der Waals surface area contributed by atoms with Crippen LogP contribution >= 0.6 is 11.6 Å². The van der Waals surface area contributed by atoms with E-state index >= 15 is 0 Å². The van der Waals surface area contributed by atoms with Crippen LogP contribution < -0.4 is 10.2 Å². The maximum Gasteiger partial charge on any atom is 0.471 e. The van der Waals surface area contributed by atoms with Crippen LogP contribution in [0.5, 0.6) is 0 Å². The van der Waals surface area contributed by atoms with Crippen molar-refractivity contribution in [2.45, 2.75) is 31.6 Å². The predicted molar refractivity (Wildman–Crippen MR) is 130 cm³/mol. The molecule has 13 heteroatoms. The molecule has 0 saturated carbocycles. The van der Waals surface area contributed by atoms with Crippen molar-refractivity contribution in [3.8, 4) is 11.1 Å². The van der Waals surface area contributed by atoms with Crippen LogP contribution in [0.25, 0.3) is 22.2 Å². The van der Waals surface area contributed by atoms with E-state index in [0.29, 0.717) is 16.0 Å². The molecule has 0 radical (unpaired) electrons. The summed E-state index contributed by atoms with van der Waals surface area (Å²) in [5.74, 6) is -3.00. The second-order valence-electron chi connectivity index (χ2n) is 8.83. The second-order valence-corrected chi connectivity index (χ2v) is 9.23. The zero-order valence-corrected chi connectivity index (χ0v) is 20.4. The van der Waals surface area contributed by atoms with Crippen LogP contribution in [0.4, 0.5) is 23.4 Å². The van der Waals surface area contributed by atoms with Gasteiger partial charge in [-0.25, -0.2) is 9.37 Å². The smallest absolute Gasteiger partial charge is 0.317 e. The molecule has 0 aliphatic carbocycles. The Morgan fingerprint density at radius 2 is 1.97 bits per heavy atom. The maximum atomic E-state index is 14.5. The summed E-state index contributed by atoms with van der Waals surface area (Å²) in [7, 11) is 0.969. The number of carbonyl (C=O) groups excluding carboxylic acids is 1. The fraction of sp³-hybridized carbons (Fsp3) is 0.333. The highest BCUT2D eigenvalue weighted by molar-refractivity contribution is 6.31. The van der Waals surface area contributed by atoms with Crippen molar-refractivity contribution in [1.29, 1.82) is 0 Å². The van der Waals surface area contributed by atoms with Crippen molar-refractivity contribution in [2.24, 2.45) is 0 Å². The number of alkyl halides is 3. The van der Waals surface area contributed by atoms with E-state index in [4.69, 9.17) is 11.6 Å². The third-order valence-electron chi connectivity index (χ3n) is 6.42. The average Bonchev–Trinajstić information content (AvgIpc) is 3.51. The molecule has 3 aromatic heterocycles. The number of anilines is 1. The molecule has 1 saturated heterocycles. The largest absolute Gasteiger partial charge is 0.471 e. The van der Waals surface area contributed by atoms with Gasteiger partial charge in [0, 0.05) is 41.2 Å². The minimum Gasteiger partial charge on any atom is -0.317 e. The lowest BCUT2D eigenvalue weighted by atomic mass is 10.1. The normalized spacial score (nSPS) is 14.9. The summed E-state index contributed by atoms with van der Waals surface area (Å²) in [6.07, 6.45) is 1.86. The number of hydrogen-bond acceptors (Lipinski definition) is 5. The van der Waals surface area contributed by atoms with Crippen LogP contribution in [0.1, 0.15) is 24.4 Å². The number of hydrogen-bond donors (Lipinski definition) is 1. The molecule has 4 heterocycles. The zero-order chi connectivity index (χ0) is 26.3. The molecule has 0 bridgehead atoms. The van der Waals surface area contributed by atoms with Gasteiger partial charge in [-0.05, 0) is 44.1 Å². The number of nitrogens with one attached hydrogen (secondary N) is 1. The Bertz CT molecular complexity index is 1440. The number of benzene rings is 1. The van der Waals surface area contributed by atoms with Gasteiger partial charge >= 0.3 is 12.1 Å². The van der Waals surface area contributed by atoms with Gasteiger partial charge in [0.05, 0.1) is 24.3 Å². The fourth-order valence-electron chi connectivity index (χ4n) is 4.42. The van der Waals surface area contributed by atoms with E-state index in [1.807, 2.05) is 10.9 Å². The van der Waals surface area contributed by atoms with Crippen molar-refractivity contribution >= 4 is 34.4 Å². The molecule has 8 nitrogen and oxygen atoms in total. The Labute approximate surface area is 213 Å². The summed E-state index contributed by atoms with van der Waals surface area (Å²) < 4.78 is 57.2. The number of rotatable bonds is 5. The van der Waals surface area contributed by atoms with E-state index < -0.39 is 17.9 Å². The number of aromatic nitrogens is 5. The van der Waals surface area contributed by atoms with Gasteiger partial charge in [-0.1, -0.05) is 17.7 Å². The monoisotopic (exact) mass is 535 g/mol. The minimum atomic E-state index is -5.11. The molecule has 1 aromatic carbocycles. The highest BCUT2D eigenvalue weighted by atomic mass is 35.5. The van der Waals surface area contributed by atoms with Crippen LogP contribution in [0.15, 0.2) is 42.9 Å². The number of carbonyl (C=O) groups is 1. The topological polar surface area (TPSA) is 80.9 Å². The van der Waals surface area contributed by atoms with E-state index in [9.17, 15) is 22.4 Å². The molecule has 1 fully saturated rings. The predicted octanol–water partition coefficient (Wildman–Crippen LogP) is 4.59. The third-order valence-corrected chi connectivity index (χ3v) is 6.78. The molecule has 0 spiro atoms. The Hall–Kier alpha value is -3.51. The van der Waals surface area contributed by atoms with Gasteiger partial charge in [-0.3, -0.25) is 19.1 Å². The van der Waals surface area contributed by atoms with Gasteiger partial charge in [-0.15, -0.1) is 0 Å². The zero-order valence-electron chi connectivity index (χ0n) is 19.6. The molecule has 1 N–H and O–H groups in total. The van der Waals surface area contributed by atoms with Gasteiger partial charge in [0.15, 0.2) is 5.82 Å². The molecule has 194 valence electrons. The number of pyridine rings is 1. The molecular weight excluding hydrogens is 514 g/mol. The van der Waals surface area contributed by atoms with E-state index in [2.05, 4.69) is 20.5 Å². The summed E-state index contributed by atoms with van der Waals surface area (Å²) in [6, 6.07) is 6.12. The maximum absolute atomic E-state index is 14.5. The number of halogens is 5. The third kappa shape index (κ3) is 4.90. The summed E-state index contributed by atoms with van der Waals surface area (Å²) >= 11 is 6.19. The van der Waals surface area contributed by atoms with Gasteiger partial charge in [0.1, 0.15) is 11.3 Å². The minimum absolute atomic E-state index is 0.0575. The summed E-state index contributed by atoms with van der Waals surface area (Å²) in [5.41, 5.74) is 1.87. The van der Waals surface area contributed by atoms with E-state index in [1.165, 1.54) is 29.1 Å². The SMILES string of the molecule is CN(C(=O)C(F)(F)F)c1nn(Cc2c(F)cccc2Cl)c2cc(-c3cnn(C4CCNCC4)c3)cnc12. The first-order valence-electron chi connectivity index (χ1n) is 11.5. The van der Waals surface area contributed by atoms with Crippen molar-refractivity contribution in [3.05, 3.63) is 59.3 Å². The van der Waals surface area contributed by atoms with E-state index in [-0.39, 0.29) is 34.5 Å². The molecule has 1 amide bonds. The molecule has 4 aromatic rings. The molecule has 0 atom stereocenters. The number of fused-ring (bicyclic) bond motifs is 1. The van der Waals surface area contributed by atoms with Crippen LogP contribution in [-0.4, -0.2) is 56.8 Å². The number of amides is 1. The first kappa shape index (κ1) is 25.2. The molecule has 0 unspecified atom stereocenters. The standard InChI is InChI=1S/C24H22ClF4N7O/c1-34(23(37)24(27,28)29)22-21-20(36(33-22)13-17-18(25)3-2-4-19(17)26)9-14(10-31-21)15-11-32-35(12-15)16-5-7-30-8-6-16/h2-4,9-12,16,30H,5-8,13H2,1H3. The summed E-state index contributed by atoms with van der Waals surface area (Å²) in [4.78, 5) is 16.7. The molecule has 1 aliphatic heterocycles. The van der Waals surface area contributed by atoms with Gasteiger partial charge < -0.3 is 5.32 Å². The van der Waals surface area contributed by atoms with E-state index in [1.54, 1.807) is 12.3 Å². The molecule has 37 heavy (non-hydrogen) atoms. The van der Waals surface area contributed by atoms with Crippen LogP contribution in [0.3, 0.4) is 0 Å². The lowest BCUT2D eigenvalue weighted by molar-refractivity contribution is -0.170. The van der Waals surface area contributed by atoms with Crippen LogP contribution in [-0.2, 0) is 11.3 Å². The summed E-state index contributed by atoms with van der Waals surface area (Å²) in [6.45, 7) is 1.62. The summed E-state index contributed by atoms with van der Waals surface area (Å²) in [5, 5.41) is 12.2. The Morgan fingerprint density at radius 3 is 2.68 bits per heavy atom. The van der Waals surface area contributed by atoms with Crippen LogP contribution in [0.2, 0.25) is 5.02 Å². The van der Waals surface area contributed by atoms with Gasteiger partial charge in [0.2, 0.25) is 0 Å². The first-order valence-corrected chi connectivity index (χ1v) is 11.9. The molecule has 1 aliphatic rings. The van der Waals surface area contributed by atoms with Crippen molar-refractivity contribution in [2.75, 3.05) is 25.0 Å². The Morgan fingerprint density at radius 1 is 1.22 bits per heavy atom. The lowest BCUT2D eigenvalue weighted by Gasteiger charge is -2.22. The fourth-order valence-corrected chi connectivity index (χ4v) is 4.64. The number of nitrogens with zero attached hydrogens (tertiary/aromatic N) is 6.